The number of guanidine groups is 1. The number of amides is 1. The van der Waals surface area contributed by atoms with Crippen molar-refractivity contribution in [2.75, 3.05) is 10.5 Å². The molecule has 3 aromatic rings. The third-order valence-electron chi connectivity index (χ3n) is 4.66. The molecule has 3 rings (SSSR count). The first kappa shape index (κ1) is 22.2. The topological polar surface area (TPSA) is 138 Å². The van der Waals surface area contributed by atoms with E-state index >= 15 is 0 Å². The Hall–Kier alpha value is -3.46. The van der Waals surface area contributed by atoms with Crippen LogP contribution in [0.4, 0.5) is 5.69 Å². The number of nitrogens with one attached hydrogen (secondary N) is 3. The van der Waals surface area contributed by atoms with Crippen LogP contribution in [-0.2, 0) is 10.0 Å². The van der Waals surface area contributed by atoms with Crippen LogP contribution in [0.25, 0.3) is 22.2 Å². The fraction of sp³-hybridized carbons (Fsp3) is 0.227. The Morgan fingerprint density at radius 1 is 1.10 bits per heavy atom. The molecule has 0 bridgehead atoms. The molecule has 0 spiro atoms. The molecule has 1 heterocycles. The molecule has 0 atom stereocenters. The standard InChI is InChI=1S/C22H25N5O3S/c1-2-3-7-12-31(29,30)27-16-10-11-19-17(13-16)18(21(28)26-22(23)24)14-20(25-19)15-8-5-4-6-9-15/h4-6,8-11,13-14,27H,2-3,7,12H2,1H3,(H4,23,24,26,28). The van der Waals surface area contributed by atoms with E-state index in [1.165, 1.54) is 0 Å². The van der Waals surface area contributed by atoms with Gasteiger partial charge in [0.05, 0.1) is 22.5 Å². The van der Waals surface area contributed by atoms with Gasteiger partial charge in [0, 0.05) is 16.6 Å². The van der Waals surface area contributed by atoms with Gasteiger partial charge in [-0.1, -0.05) is 50.1 Å². The summed E-state index contributed by atoms with van der Waals surface area (Å²) in [4.78, 5) is 17.3. The summed E-state index contributed by atoms with van der Waals surface area (Å²) in [7, 11) is -3.50. The normalized spacial score (nSPS) is 11.3. The van der Waals surface area contributed by atoms with Crippen molar-refractivity contribution in [3.05, 3.63) is 60.2 Å². The van der Waals surface area contributed by atoms with Gasteiger partial charge in [-0.2, -0.15) is 0 Å². The molecule has 1 aromatic heterocycles. The van der Waals surface area contributed by atoms with Gasteiger partial charge < -0.3 is 5.73 Å². The number of carbonyl (C=O) groups excluding carboxylic acids is 1. The Morgan fingerprint density at radius 3 is 2.52 bits per heavy atom. The number of sulfonamides is 1. The molecule has 31 heavy (non-hydrogen) atoms. The van der Waals surface area contributed by atoms with E-state index in [9.17, 15) is 13.2 Å². The van der Waals surface area contributed by atoms with Crippen LogP contribution in [-0.4, -0.2) is 31.0 Å². The van der Waals surface area contributed by atoms with Gasteiger partial charge in [-0.3, -0.25) is 20.2 Å². The number of fused-ring (bicyclic) bond motifs is 1. The van der Waals surface area contributed by atoms with Crippen LogP contribution in [0.2, 0.25) is 0 Å². The molecule has 0 aliphatic rings. The van der Waals surface area contributed by atoms with E-state index in [0.29, 0.717) is 28.7 Å². The fourth-order valence-electron chi connectivity index (χ4n) is 3.20. The maximum absolute atomic E-state index is 12.7. The second-order valence-electron chi connectivity index (χ2n) is 7.15. The van der Waals surface area contributed by atoms with Crippen molar-refractivity contribution in [1.29, 1.82) is 5.41 Å². The molecule has 0 saturated carbocycles. The maximum Gasteiger partial charge on any atom is 0.258 e. The smallest absolute Gasteiger partial charge is 0.258 e. The van der Waals surface area contributed by atoms with E-state index in [1.54, 1.807) is 24.3 Å². The van der Waals surface area contributed by atoms with Gasteiger partial charge >= 0.3 is 0 Å². The molecule has 5 N–H and O–H groups in total. The third-order valence-corrected chi connectivity index (χ3v) is 6.03. The number of unbranched alkanes of at least 4 members (excludes halogenated alkanes) is 2. The van der Waals surface area contributed by atoms with Gasteiger partial charge in [-0.05, 0) is 30.7 Å². The molecule has 2 aromatic carbocycles. The zero-order chi connectivity index (χ0) is 22.4. The minimum Gasteiger partial charge on any atom is -0.370 e. The third kappa shape index (κ3) is 5.79. The number of anilines is 1. The molecule has 0 fully saturated rings. The first-order valence-corrected chi connectivity index (χ1v) is 11.6. The summed E-state index contributed by atoms with van der Waals surface area (Å²) in [5.41, 5.74) is 7.84. The summed E-state index contributed by atoms with van der Waals surface area (Å²) in [5.74, 6) is -1.02. The largest absolute Gasteiger partial charge is 0.370 e. The summed E-state index contributed by atoms with van der Waals surface area (Å²) >= 11 is 0. The van der Waals surface area contributed by atoms with Gasteiger partial charge in [0.15, 0.2) is 5.96 Å². The monoisotopic (exact) mass is 439 g/mol. The minimum absolute atomic E-state index is 0.0295. The molecule has 162 valence electrons. The quantitative estimate of drug-likeness (QED) is 0.242. The average Bonchev–Trinajstić information content (AvgIpc) is 2.73. The molecule has 9 heteroatoms. The van der Waals surface area contributed by atoms with Crippen molar-refractivity contribution < 1.29 is 13.2 Å². The number of pyridine rings is 1. The van der Waals surface area contributed by atoms with Crippen molar-refractivity contribution in [3.8, 4) is 11.3 Å². The van der Waals surface area contributed by atoms with Crippen LogP contribution >= 0.6 is 0 Å². The second-order valence-corrected chi connectivity index (χ2v) is 8.99. The summed E-state index contributed by atoms with van der Waals surface area (Å²) in [6.07, 6.45) is 2.34. The fourth-order valence-corrected chi connectivity index (χ4v) is 4.37. The van der Waals surface area contributed by atoms with Gasteiger partial charge in [-0.15, -0.1) is 0 Å². The highest BCUT2D eigenvalue weighted by Gasteiger charge is 2.17. The zero-order valence-corrected chi connectivity index (χ0v) is 18.0. The molecule has 1 amide bonds. The van der Waals surface area contributed by atoms with Gasteiger partial charge in [0.25, 0.3) is 5.91 Å². The molecule has 0 unspecified atom stereocenters. The molecule has 0 aliphatic carbocycles. The van der Waals surface area contributed by atoms with Gasteiger partial charge in [0.2, 0.25) is 10.0 Å². The number of nitrogens with two attached hydrogens (primary N) is 1. The van der Waals surface area contributed by atoms with E-state index < -0.39 is 21.9 Å². The SMILES string of the molecule is CCCCCS(=O)(=O)Nc1ccc2nc(-c3ccccc3)cc(C(=O)NC(=N)N)c2c1. The molecular formula is C22H25N5O3S. The van der Waals surface area contributed by atoms with Crippen molar-refractivity contribution in [1.82, 2.24) is 10.3 Å². The van der Waals surface area contributed by atoms with E-state index in [1.807, 2.05) is 37.3 Å². The highest BCUT2D eigenvalue weighted by Crippen LogP contribution is 2.27. The minimum atomic E-state index is -3.50. The molecule has 8 nitrogen and oxygen atoms in total. The van der Waals surface area contributed by atoms with E-state index in [0.717, 1.165) is 18.4 Å². The lowest BCUT2D eigenvalue weighted by atomic mass is 10.0. The lowest BCUT2D eigenvalue weighted by molar-refractivity contribution is 0.0978. The Bertz CT molecular complexity index is 1210. The van der Waals surface area contributed by atoms with Crippen LogP contribution in [0, 0.1) is 5.41 Å². The predicted octanol–water partition coefficient (Wildman–Crippen LogP) is 3.46. The Morgan fingerprint density at radius 2 is 1.84 bits per heavy atom. The van der Waals surface area contributed by atoms with Crippen LogP contribution in [0.15, 0.2) is 54.6 Å². The Labute approximate surface area is 181 Å². The number of hydrogen-bond donors (Lipinski definition) is 4. The number of benzene rings is 2. The van der Waals surface area contributed by atoms with Gasteiger partial charge in [0.1, 0.15) is 0 Å². The second kappa shape index (κ2) is 9.57. The lowest BCUT2D eigenvalue weighted by Crippen LogP contribution is -2.35. The van der Waals surface area contributed by atoms with Crippen molar-refractivity contribution in [2.45, 2.75) is 26.2 Å². The maximum atomic E-state index is 12.7. The van der Waals surface area contributed by atoms with Crippen LogP contribution in [0.5, 0.6) is 0 Å². The molecule has 0 aliphatic heterocycles. The Kier molecular flexibility index (Phi) is 6.86. The summed E-state index contributed by atoms with van der Waals surface area (Å²) < 4.78 is 27.3. The first-order valence-electron chi connectivity index (χ1n) is 9.95. The highest BCUT2D eigenvalue weighted by molar-refractivity contribution is 7.92. The predicted molar refractivity (Wildman–Crippen MR) is 123 cm³/mol. The highest BCUT2D eigenvalue weighted by atomic mass is 32.2. The lowest BCUT2D eigenvalue weighted by Gasteiger charge is -2.13. The summed E-state index contributed by atoms with van der Waals surface area (Å²) in [6.45, 7) is 2.01. The average molecular weight is 440 g/mol. The Balaban J connectivity index is 2.05. The van der Waals surface area contributed by atoms with E-state index in [2.05, 4.69) is 15.0 Å². The number of aromatic nitrogens is 1. The van der Waals surface area contributed by atoms with E-state index in [-0.39, 0.29) is 11.3 Å². The zero-order valence-electron chi connectivity index (χ0n) is 17.2. The van der Waals surface area contributed by atoms with Crippen LogP contribution in [0.3, 0.4) is 0 Å². The van der Waals surface area contributed by atoms with Crippen LogP contribution < -0.4 is 15.8 Å². The number of hydrogen-bond acceptors (Lipinski definition) is 5. The number of rotatable bonds is 8. The number of carbonyl (C=O) groups is 1. The van der Waals surface area contributed by atoms with Crippen molar-refractivity contribution >= 4 is 38.5 Å². The van der Waals surface area contributed by atoms with Crippen LogP contribution in [0.1, 0.15) is 36.5 Å². The number of nitrogens with zero attached hydrogens (tertiary/aromatic N) is 1. The van der Waals surface area contributed by atoms with Gasteiger partial charge in [-0.25, -0.2) is 13.4 Å². The van der Waals surface area contributed by atoms with Crippen molar-refractivity contribution in [3.63, 3.8) is 0 Å². The molecule has 0 radical (unpaired) electrons. The summed E-state index contributed by atoms with van der Waals surface area (Å²) in [6, 6.07) is 15.8. The summed E-state index contributed by atoms with van der Waals surface area (Å²) in [5, 5.41) is 10.1. The first-order chi connectivity index (χ1) is 14.8. The molecular weight excluding hydrogens is 414 g/mol. The van der Waals surface area contributed by atoms with Crippen molar-refractivity contribution in [2.24, 2.45) is 5.73 Å². The molecule has 0 saturated heterocycles. The van der Waals surface area contributed by atoms with E-state index in [4.69, 9.17) is 11.1 Å².